The third-order valence-electron chi connectivity index (χ3n) is 3.29. The van der Waals surface area contributed by atoms with Gasteiger partial charge in [-0.05, 0) is 30.7 Å². The molecule has 120 valence electrons. The van der Waals surface area contributed by atoms with Gasteiger partial charge < -0.3 is 4.74 Å². The summed E-state index contributed by atoms with van der Waals surface area (Å²) in [4.78, 5) is 30.6. The molecule has 0 fully saturated rings. The number of hydrogen-bond acceptors (Lipinski definition) is 6. The maximum absolute atomic E-state index is 11.9. The molecule has 1 aliphatic rings. The van der Waals surface area contributed by atoms with Gasteiger partial charge in [-0.25, -0.2) is 9.79 Å². The van der Waals surface area contributed by atoms with E-state index >= 15 is 0 Å². The number of carbonyl (C=O) groups is 1. The van der Waals surface area contributed by atoms with E-state index in [0.717, 1.165) is 0 Å². The van der Waals surface area contributed by atoms with Gasteiger partial charge in [0, 0.05) is 22.8 Å². The maximum Gasteiger partial charge on any atom is 0.363 e. The zero-order valence-electron chi connectivity index (χ0n) is 12.4. The van der Waals surface area contributed by atoms with Gasteiger partial charge in [0.15, 0.2) is 5.70 Å². The Morgan fingerprint density at radius 3 is 2.79 bits per heavy atom. The van der Waals surface area contributed by atoms with Crippen LogP contribution in [0.5, 0.6) is 0 Å². The van der Waals surface area contributed by atoms with Gasteiger partial charge in [-0.15, -0.1) is 0 Å². The Labute approximate surface area is 141 Å². The van der Waals surface area contributed by atoms with E-state index in [1.54, 1.807) is 25.1 Å². The zero-order chi connectivity index (χ0) is 17.3. The van der Waals surface area contributed by atoms with Crippen LogP contribution in [0.25, 0.3) is 6.08 Å². The molecule has 0 unspecified atom stereocenters. The molecular formula is C16H10ClN3O4. The van der Waals surface area contributed by atoms with Crippen LogP contribution in [0.1, 0.15) is 16.8 Å². The maximum atomic E-state index is 11.9. The van der Waals surface area contributed by atoms with Crippen molar-refractivity contribution in [1.29, 1.82) is 0 Å². The first-order valence-corrected chi connectivity index (χ1v) is 7.21. The fraction of sp³-hybridized carbons (Fsp3) is 0.0625. The van der Waals surface area contributed by atoms with Crippen molar-refractivity contribution in [1.82, 2.24) is 4.98 Å². The predicted octanol–water partition coefficient (Wildman–Crippen LogP) is 3.30. The van der Waals surface area contributed by atoms with Gasteiger partial charge in [-0.1, -0.05) is 23.7 Å². The highest BCUT2D eigenvalue weighted by atomic mass is 35.5. The third kappa shape index (κ3) is 3.16. The monoisotopic (exact) mass is 343 g/mol. The second-order valence-electron chi connectivity index (χ2n) is 5.00. The quantitative estimate of drug-likeness (QED) is 0.369. The largest absolute Gasteiger partial charge is 0.400 e. The standard InChI is InChI=1S/C16H10ClN3O4/c1-9-2-3-10(7-14(9)20(22)23)6-13-16(21)24-15(19-13)12-8-11(17)4-5-18-12/h2-8H,1H3/b13-6-. The number of rotatable bonds is 3. The van der Waals surface area contributed by atoms with Crippen LogP contribution in [0.2, 0.25) is 5.02 Å². The average Bonchev–Trinajstić information content (AvgIpc) is 2.90. The molecule has 1 aliphatic heterocycles. The van der Waals surface area contributed by atoms with Crippen LogP contribution in [-0.4, -0.2) is 21.8 Å². The molecule has 1 aromatic heterocycles. The lowest BCUT2D eigenvalue weighted by Crippen LogP contribution is -2.07. The van der Waals surface area contributed by atoms with Gasteiger partial charge >= 0.3 is 5.97 Å². The molecule has 1 aromatic carbocycles. The van der Waals surface area contributed by atoms with Crippen LogP contribution in [0.15, 0.2) is 47.2 Å². The summed E-state index contributed by atoms with van der Waals surface area (Å²) in [7, 11) is 0. The lowest BCUT2D eigenvalue weighted by atomic mass is 10.1. The number of nitro benzene ring substituents is 1. The molecule has 0 saturated carbocycles. The topological polar surface area (TPSA) is 94.7 Å². The zero-order valence-corrected chi connectivity index (χ0v) is 13.1. The van der Waals surface area contributed by atoms with Crippen LogP contribution < -0.4 is 0 Å². The van der Waals surface area contributed by atoms with E-state index in [4.69, 9.17) is 16.3 Å². The highest BCUT2D eigenvalue weighted by Crippen LogP contribution is 2.23. The van der Waals surface area contributed by atoms with Gasteiger partial charge in [0.25, 0.3) is 5.69 Å². The Kier molecular flexibility index (Phi) is 4.09. The van der Waals surface area contributed by atoms with E-state index in [0.29, 0.717) is 21.8 Å². The molecule has 8 heteroatoms. The van der Waals surface area contributed by atoms with Crippen molar-refractivity contribution < 1.29 is 14.5 Å². The fourth-order valence-electron chi connectivity index (χ4n) is 2.11. The molecule has 3 rings (SSSR count). The minimum atomic E-state index is -0.657. The number of carbonyl (C=O) groups excluding carboxylic acids is 1. The van der Waals surface area contributed by atoms with Crippen molar-refractivity contribution in [2.45, 2.75) is 6.92 Å². The number of pyridine rings is 1. The highest BCUT2D eigenvalue weighted by Gasteiger charge is 2.25. The SMILES string of the molecule is Cc1ccc(/C=C2\N=C(c3cc(Cl)ccn3)OC2=O)cc1[N+](=O)[O-]. The second-order valence-corrected chi connectivity index (χ2v) is 5.43. The Morgan fingerprint density at radius 1 is 1.29 bits per heavy atom. The van der Waals surface area contributed by atoms with Crippen molar-refractivity contribution in [2.75, 3.05) is 0 Å². The summed E-state index contributed by atoms with van der Waals surface area (Å²) in [6, 6.07) is 7.75. The number of hydrogen-bond donors (Lipinski definition) is 0. The lowest BCUT2D eigenvalue weighted by molar-refractivity contribution is -0.385. The van der Waals surface area contributed by atoms with Gasteiger partial charge in [0.1, 0.15) is 5.69 Å². The fourth-order valence-corrected chi connectivity index (χ4v) is 2.27. The van der Waals surface area contributed by atoms with Gasteiger partial charge in [0.2, 0.25) is 5.90 Å². The molecule has 0 bridgehead atoms. The van der Waals surface area contributed by atoms with Gasteiger partial charge in [-0.2, -0.15) is 0 Å². The number of cyclic esters (lactones) is 1. The first-order chi connectivity index (χ1) is 11.4. The molecule has 0 saturated heterocycles. The van der Waals surface area contributed by atoms with Crippen LogP contribution >= 0.6 is 11.6 Å². The van der Waals surface area contributed by atoms with E-state index in [9.17, 15) is 14.9 Å². The summed E-state index contributed by atoms with van der Waals surface area (Å²) in [6.45, 7) is 1.64. The van der Waals surface area contributed by atoms with Crippen LogP contribution in [0, 0.1) is 17.0 Å². The summed E-state index contributed by atoms with van der Waals surface area (Å²) in [5.74, 6) is -0.620. The van der Waals surface area contributed by atoms with Gasteiger partial charge in [0.05, 0.1) is 4.92 Å². The molecule has 0 N–H and O–H groups in total. The van der Waals surface area contributed by atoms with Gasteiger partial charge in [-0.3, -0.25) is 15.1 Å². The summed E-state index contributed by atoms with van der Waals surface area (Å²) >= 11 is 5.87. The molecule has 0 radical (unpaired) electrons. The number of halogens is 1. The molecule has 7 nitrogen and oxygen atoms in total. The first kappa shape index (κ1) is 15.8. The summed E-state index contributed by atoms with van der Waals surface area (Å²) in [6.07, 6.45) is 2.89. The molecule has 2 heterocycles. The Morgan fingerprint density at radius 2 is 2.08 bits per heavy atom. The Bertz CT molecular complexity index is 921. The number of aromatic nitrogens is 1. The number of ether oxygens (including phenoxy) is 1. The summed E-state index contributed by atoms with van der Waals surface area (Å²) in [5.41, 5.74) is 1.34. The van der Waals surface area contributed by atoms with Crippen molar-refractivity contribution in [2.24, 2.45) is 4.99 Å². The van der Waals surface area contributed by atoms with Crippen LogP contribution in [0.3, 0.4) is 0 Å². The van der Waals surface area contributed by atoms with Crippen LogP contribution in [-0.2, 0) is 9.53 Å². The molecule has 0 atom stereocenters. The highest BCUT2D eigenvalue weighted by molar-refractivity contribution is 6.31. The smallest absolute Gasteiger partial charge is 0.363 e. The van der Waals surface area contributed by atoms with Crippen molar-refractivity contribution in [3.8, 4) is 0 Å². The lowest BCUT2D eigenvalue weighted by Gasteiger charge is -1.99. The number of aryl methyl sites for hydroxylation is 1. The Hall–Kier alpha value is -3.06. The second kappa shape index (κ2) is 6.21. The van der Waals surface area contributed by atoms with Crippen molar-refractivity contribution in [3.63, 3.8) is 0 Å². The number of nitrogens with zero attached hydrogens (tertiary/aromatic N) is 3. The van der Waals surface area contributed by atoms with Crippen LogP contribution in [0.4, 0.5) is 5.69 Å². The molecule has 2 aromatic rings. The Balaban J connectivity index is 1.97. The predicted molar refractivity (Wildman–Crippen MR) is 87.7 cm³/mol. The van der Waals surface area contributed by atoms with E-state index in [-0.39, 0.29) is 17.3 Å². The number of nitro groups is 1. The molecule has 0 spiro atoms. The number of esters is 1. The summed E-state index contributed by atoms with van der Waals surface area (Å²) in [5, 5.41) is 11.4. The normalized spacial score (nSPS) is 15.3. The van der Waals surface area contributed by atoms with Crippen molar-refractivity contribution in [3.05, 3.63) is 74.2 Å². The molecule has 0 aliphatic carbocycles. The molecule has 0 amide bonds. The minimum absolute atomic E-state index is 0.0311. The molecule has 24 heavy (non-hydrogen) atoms. The molecular weight excluding hydrogens is 334 g/mol. The first-order valence-electron chi connectivity index (χ1n) is 6.83. The van der Waals surface area contributed by atoms with E-state index in [1.807, 2.05) is 0 Å². The number of aliphatic imine (C=N–C) groups is 1. The van der Waals surface area contributed by atoms with E-state index in [1.165, 1.54) is 24.4 Å². The van der Waals surface area contributed by atoms with Crippen molar-refractivity contribution >= 4 is 35.2 Å². The average molecular weight is 344 g/mol. The third-order valence-corrected chi connectivity index (χ3v) is 3.53. The summed E-state index contributed by atoms with van der Waals surface area (Å²) < 4.78 is 5.08. The minimum Gasteiger partial charge on any atom is -0.400 e. The number of benzene rings is 1. The van der Waals surface area contributed by atoms with E-state index < -0.39 is 10.9 Å². The van der Waals surface area contributed by atoms with E-state index in [2.05, 4.69) is 9.98 Å².